The topological polar surface area (TPSA) is 50.4 Å². The van der Waals surface area contributed by atoms with Crippen LogP contribution in [0.25, 0.3) is 0 Å². The van der Waals surface area contributed by atoms with E-state index in [9.17, 15) is 4.79 Å². The molecular weight excluding hydrogens is 396 g/mol. The lowest BCUT2D eigenvalue weighted by atomic mass is 10.0. The van der Waals surface area contributed by atoms with Crippen molar-refractivity contribution in [3.8, 4) is 5.75 Å². The van der Waals surface area contributed by atoms with Gasteiger partial charge in [0.15, 0.2) is 0 Å². The molecule has 0 aliphatic rings. The standard InChI is InChI=1S/C28H50N2O2/c1-3-5-7-8-9-10-11-12-13-14-15-16-17-20-23-29-28(31)25-30-26-21-18-19-22-27(26)32-24-6-4-2/h18-19,21-22,30H,3-17,20,23-25H2,1-2H3,(H,29,31). The fourth-order valence-corrected chi connectivity index (χ4v) is 3.85. The van der Waals surface area contributed by atoms with Gasteiger partial charge < -0.3 is 15.4 Å². The number of carbonyl (C=O) groups is 1. The number of nitrogens with one attached hydrogen (secondary N) is 2. The molecule has 0 bridgehead atoms. The molecule has 0 saturated heterocycles. The van der Waals surface area contributed by atoms with Gasteiger partial charge in [-0.25, -0.2) is 0 Å². The lowest BCUT2D eigenvalue weighted by Gasteiger charge is -2.13. The van der Waals surface area contributed by atoms with E-state index in [1.165, 1.54) is 83.5 Å². The molecule has 0 aliphatic heterocycles. The smallest absolute Gasteiger partial charge is 0.239 e. The Balaban J connectivity index is 1.93. The third-order valence-electron chi connectivity index (χ3n) is 5.93. The number of hydrogen-bond acceptors (Lipinski definition) is 3. The third kappa shape index (κ3) is 16.0. The Bertz CT molecular complexity index is 562. The van der Waals surface area contributed by atoms with Gasteiger partial charge in [0, 0.05) is 6.54 Å². The minimum atomic E-state index is 0.0445. The molecule has 0 heterocycles. The van der Waals surface area contributed by atoms with Crippen LogP contribution in [0.1, 0.15) is 117 Å². The highest BCUT2D eigenvalue weighted by Crippen LogP contribution is 2.23. The summed E-state index contributed by atoms with van der Waals surface area (Å²) in [7, 11) is 0. The highest BCUT2D eigenvalue weighted by molar-refractivity contribution is 5.81. The van der Waals surface area contributed by atoms with Gasteiger partial charge in [0.1, 0.15) is 5.75 Å². The highest BCUT2D eigenvalue weighted by Gasteiger charge is 2.05. The van der Waals surface area contributed by atoms with E-state index in [1.807, 2.05) is 24.3 Å². The Morgan fingerprint density at radius 2 is 1.25 bits per heavy atom. The van der Waals surface area contributed by atoms with E-state index in [0.717, 1.165) is 37.2 Å². The number of unbranched alkanes of at least 4 members (excludes halogenated alkanes) is 14. The van der Waals surface area contributed by atoms with Crippen LogP contribution < -0.4 is 15.4 Å². The molecule has 0 unspecified atom stereocenters. The average molecular weight is 447 g/mol. The van der Waals surface area contributed by atoms with Crippen LogP contribution in [0.15, 0.2) is 24.3 Å². The molecule has 0 saturated carbocycles. The maximum absolute atomic E-state index is 12.1. The molecule has 1 aromatic carbocycles. The summed E-state index contributed by atoms with van der Waals surface area (Å²) in [5, 5.41) is 6.23. The van der Waals surface area contributed by atoms with Crippen LogP contribution in [0, 0.1) is 0 Å². The summed E-state index contributed by atoms with van der Waals surface area (Å²) in [6.07, 6.45) is 21.1. The van der Waals surface area contributed by atoms with Gasteiger partial charge in [-0.3, -0.25) is 4.79 Å². The normalized spacial score (nSPS) is 10.8. The number of benzene rings is 1. The lowest BCUT2D eigenvalue weighted by molar-refractivity contribution is -0.119. The predicted octanol–water partition coefficient (Wildman–Crippen LogP) is 7.87. The fourth-order valence-electron chi connectivity index (χ4n) is 3.85. The van der Waals surface area contributed by atoms with Gasteiger partial charge in [-0.05, 0) is 25.0 Å². The molecule has 0 aliphatic carbocycles. The second-order valence-corrected chi connectivity index (χ2v) is 9.00. The van der Waals surface area contributed by atoms with Crippen LogP contribution in [0.3, 0.4) is 0 Å². The van der Waals surface area contributed by atoms with Crippen LogP contribution in [0.4, 0.5) is 5.69 Å². The monoisotopic (exact) mass is 446 g/mol. The van der Waals surface area contributed by atoms with E-state index >= 15 is 0 Å². The zero-order valence-corrected chi connectivity index (χ0v) is 21.1. The van der Waals surface area contributed by atoms with Crippen LogP contribution >= 0.6 is 0 Å². The average Bonchev–Trinajstić information content (AvgIpc) is 2.81. The first kappa shape index (κ1) is 28.3. The summed E-state index contributed by atoms with van der Waals surface area (Å²) in [6.45, 7) is 6.19. The SMILES string of the molecule is CCCCCCCCCCCCCCCCNC(=O)CNc1ccccc1OCCCC. The van der Waals surface area contributed by atoms with E-state index in [2.05, 4.69) is 24.5 Å². The first-order chi connectivity index (χ1) is 15.8. The molecule has 1 aromatic rings. The quantitative estimate of drug-likeness (QED) is 0.178. The Morgan fingerprint density at radius 3 is 1.84 bits per heavy atom. The summed E-state index contributed by atoms with van der Waals surface area (Å²) < 4.78 is 5.81. The minimum Gasteiger partial charge on any atom is -0.491 e. The zero-order valence-electron chi connectivity index (χ0n) is 21.1. The molecule has 32 heavy (non-hydrogen) atoms. The van der Waals surface area contributed by atoms with Crippen LogP contribution in [0.5, 0.6) is 5.75 Å². The largest absolute Gasteiger partial charge is 0.491 e. The molecule has 1 rings (SSSR count). The van der Waals surface area contributed by atoms with Crippen molar-refractivity contribution in [1.82, 2.24) is 5.32 Å². The molecule has 0 fully saturated rings. The number of carbonyl (C=O) groups excluding carboxylic acids is 1. The fraction of sp³-hybridized carbons (Fsp3) is 0.750. The van der Waals surface area contributed by atoms with Crippen LogP contribution in [0.2, 0.25) is 0 Å². The molecule has 0 atom stereocenters. The second-order valence-electron chi connectivity index (χ2n) is 9.00. The first-order valence-corrected chi connectivity index (χ1v) is 13.5. The van der Waals surface area contributed by atoms with Gasteiger partial charge in [-0.15, -0.1) is 0 Å². The minimum absolute atomic E-state index is 0.0445. The van der Waals surface area contributed by atoms with Crippen molar-refractivity contribution in [3.63, 3.8) is 0 Å². The third-order valence-corrected chi connectivity index (χ3v) is 5.93. The summed E-state index contributed by atoms with van der Waals surface area (Å²) in [6, 6.07) is 7.83. The van der Waals surface area contributed by atoms with Crippen molar-refractivity contribution in [2.45, 2.75) is 117 Å². The predicted molar refractivity (Wildman–Crippen MR) is 139 cm³/mol. The maximum atomic E-state index is 12.1. The second kappa shape index (κ2) is 21.2. The van der Waals surface area contributed by atoms with Crippen molar-refractivity contribution >= 4 is 11.6 Å². The molecule has 4 heteroatoms. The Hall–Kier alpha value is -1.71. The van der Waals surface area contributed by atoms with Gasteiger partial charge in [-0.2, -0.15) is 0 Å². The number of ether oxygens (including phenoxy) is 1. The van der Waals surface area contributed by atoms with Crippen molar-refractivity contribution in [2.75, 3.05) is 25.0 Å². The molecule has 184 valence electrons. The molecule has 4 nitrogen and oxygen atoms in total. The summed E-state index contributed by atoms with van der Waals surface area (Å²) in [5.74, 6) is 0.865. The van der Waals surface area contributed by atoms with E-state index < -0.39 is 0 Å². The van der Waals surface area contributed by atoms with Crippen molar-refractivity contribution in [2.24, 2.45) is 0 Å². The summed E-state index contributed by atoms with van der Waals surface area (Å²) >= 11 is 0. The first-order valence-electron chi connectivity index (χ1n) is 13.5. The van der Waals surface area contributed by atoms with E-state index in [-0.39, 0.29) is 12.5 Å². The Labute approximate surface area is 198 Å². The number of anilines is 1. The molecule has 2 N–H and O–H groups in total. The summed E-state index contributed by atoms with van der Waals surface area (Å²) in [5.41, 5.74) is 0.884. The van der Waals surface area contributed by atoms with Crippen molar-refractivity contribution in [1.29, 1.82) is 0 Å². The molecule has 0 radical (unpaired) electrons. The van der Waals surface area contributed by atoms with E-state index in [4.69, 9.17) is 4.74 Å². The number of hydrogen-bond donors (Lipinski definition) is 2. The number of para-hydroxylation sites is 2. The highest BCUT2D eigenvalue weighted by atomic mass is 16.5. The Morgan fingerprint density at radius 1 is 0.719 bits per heavy atom. The van der Waals surface area contributed by atoms with Crippen molar-refractivity contribution in [3.05, 3.63) is 24.3 Å². The molecule has 0 spiro atoms. The van der Waals surface area contributed by atoms with Gasteiger partial charge in [0.05, 0.1) is 18.8 Å². The number of amides is 1. The van der Waals surface area contributed by atoms with Gasteiger partial charge in [-0.1, -0.05) is 116 Å². The molecular formula is C28H50N2O2. The summed E-state index contributed by atoms with van der Waals surface area (Å²) in [4.78, 5) is 12.1. The zero-order chi connectivity index (χ0) is 23.1. The van der Waals surface area contributed by atoms with Crippen LogP contribution in [-0.2, 0) is 4.79 Å². The number of rotatable bonds is 22. The molecule has 1 amide bonds. The van der Waals surface area contributed by atoms with Gasteiger partial charge in [0.2, 0.25) is 5.91 Å². The molecule has 0 aromatic heterocycles. The van der Waals surface area contributed by atoms with Crippen molar-refractivity contribution < 1.29 is 9.53 Å². The van der Waals surface area contributed by atoms with Gasteiger partial charge in [0.25, 0.3) is 0 Å². The Kier molecular flexibility index (Phi) is 18.7. The lowest BCUT2D eigenvalue weighted by Crippen LogP contribution is -2.30. The van der Waals surface area contributed by atoms with Gasteiger partial charge >= 0.3 is 0 Å². The maximum Gasteiger partial charge on any atom is 0.239 e. The van der Waals surface area contributed by atoms with Crippen LogP contribution in [-0.4, -0.2) is 25.6 Å². The van der Waals surface area contributed by atoms with E-state index in [1.54, 1.807) is 0 Å². The van der Waals surface area contributed by atoms with E-state index in [0.29, 0.717) is 6.61 Å².